The smallest absolute Gasteiger partial charge is 0.411 e. The predicted molar refractivity (Wildman–Crippen MR) is 93.5 cm³/mol. The van der Waals surface area contributed by atoms with Crippen molar-refractivity contribution >= 4 is 6.09 Å². The van der Waals surface area contributed by atoms with Crippen molar-refractivity contribution in [2.24, 2.45) is 0 Å². The van der Waals surface area contributed by atoms with Crippen LogP contribution in [0.5, 0.6) is 0 Å². The molecule has 1 amide bonds. The van der Waals surface area contributed by atoms with E-state index in [1.54, 1.807) is 17.3 Å². The zero-order valence-electron chi connectivity index (χ0n) is 14.7. The average Bonchev–Trinajstić information content (AvgIpc) is 2.85. The molecule has 0 radical (unpaired) electrons. The van der Waals surface area contributed by atoms with E-state index in [-0.39, 0.29) is 18.2 Å². The molecule has 0 unspecified atom stereocenters. The molecule has 2 bridgehead atoms. The lowest BCUT2D eigenvalue weighted by Gasteiger charge is -2.43. The third kappa shape index (κ3) is 3.10. The molecule has 3 atom stereocenters. The van der Waals surface area contributed by atoms with Crippen LogP contribution in [0, 0.1) is 23.7 Å². The van der Waals surface area contributed by atoms with Gasteiger partial charge in [0.05, 0.1) is 23.6 Å². The molecular formula is C20H21N3O2. The molecule has 1 aromatic heterocycles. The molecule has 1 aromatic rings. The van der Waals surface area contributed by atoms with Crippen molar-refractivity contribution in [2.45, 2.75) is 56.7 Å². The van der Waals surface area contributed by atoms with E-state index in [4.69, 9.17) is 11.2 Å². The Hall–Kier alpha value is -2.79. The lowest BCUT2D eigenvalue weighted by atomic mass is 9.71. The highest BCUT2D eigenvalue weighted by Crippen LogP contribution is 2.44. The Morgan fingerprint density at radius 1 is 1.36 bits per heavy atom. The normalized spacial score (nSPS) is 27.5. The van der Waals surface area contributed by atoms with E-state index in [0.717, 1.165) is 5.56 Å². The molecule has 0 spiro atoms. The molecule has 2 aliphatic heterocycles. The summed E-state index contributed by atoms with van der Waals surface area (Å²) in [5.74, 6) is 2.57. The first-order valence-electron chi connectivity index (χ1n) is 8.31. The molecule has 0 aromatic carbocycles. The molecule has 25 heavy (non-hydrogen) atoms. The van der Waals surface area contributed by atoms with Crippen LogP contribution in [0.1, 0.15) is 44.7 Å². The van der Waals surface area contributed by atoms with Crippen molar-refractivity contribution in [3.05, 3.63) is 41.7 Å². The molecule has 0 saturated carbocycles. The van der Waals surface area contributed by atoms with Gasteiger partial charge in [-0.1, -0.05) is 18.1 Å². The molecule has 128 valence electrons. The molecule has 3 heterocycles. The van der Waals surface area contributed by atoms with Crippen LogP contribution in [0.3, 0.4) is 0 Å². The molecule has 5 heteroatoms. The van der Waals surface area contributed by atoms with Gasteiger partial charge < -0.3 is 4.74 Å². The third-order valence-corrected chi connectivity index (χ3v) is 4.66. The van der Waals surface area contributed by atoms with Crippen LogP contribution in [-0.2, 0) is 10.2 Å². The van der Waals surface area contributed by atoms with Crippen molar-refractivity contribution in [1.29, 1.82) is 5.26 Å². The Labute approximate surface area is 148 Å². The van der Waals surface area contributed by atoms with E-state index in [0.29, 0.717) is 18.4 Å². The Morgan fingerprint density at radius 2 is 2.00 bits per heavy atom. The number of nitrogens with zero attached hydrogens (tertiary/aromatic N) is 3. The number of piperidine rings is 1. The molecule has 5 nitrogen and oxygen atoms in total. The zero-order valence-corrected chi connectivity index (χ0v) is 14.7. The Kier molecular flexibility index (Phi) is 4.05. The van der Waals surface area contributed by atoms with Gasteiger partial charge >= 0.3 is 6.09 Å². The van der Waals surface area contributed by atoms with Crippen LogP contribution < -0.4 is 0 Å². The number of fused-ring (bicyclic) bond motifs is 2. The molecular weight excluding hydrogens is 314 g/mol. The predicted octanol–water partition coefficient (Wildman–Crippen LogP) is 3.16. The van der Waals surface area contributed by atoms with E-state index >= 15 is 0 Å². The van der Waals surface area contributed by atoms with Gasteiger partial charge in [-0.15, -0.1) is 6.42 Å². The first-order valence-corrected chi connectivity index (χ1v) is 8.31. The maximum Gasteiger partial charge on any atom is 0.411 e. The van der Waals surface area contributed by atoms with Crippen molar-refractivity contribution in [2.75, 3.05) is 0 Å². The van der Waals surface area contributed by atoms with Gasteiger partial charge in [0.25, 0.3) is 0 Å². The number of carbonyl (C=O) groups is 1. The highest BCUT2D eigenvalue weighted by Gasteiger charge is 2.50. The summed E-state index contributed by atoms with van der Waals surface area (Å²) in [7, 11) is 0. The van der Waals surface area contributed by atoms with Gasteiger partial charge in [-0.3, -0.25) is 9.88 Å². The van der Waals surface area contributed by atoms with E-state index in [1.807, 2.05) is 39.0 Å². The fourth-order valence-electron chi connectivity index (χ4n) is 3.58. The van der Waals surface area contributed by atoms with Gasteiger partial charge in [-0.2, -0.15) is 5.26 Å². The van der Waals surface area contributed by atoms with Crippen molar-refractivity contribution in [3.8, 4) is 18.4 Å². The lowest BCUT2D eigenvalue weighted by Crippen LogP contribution is -2.53. The molecule has 1 fully saturated rings. The van der Waals surface area contributed by atoms with Crippen LogP contribution in [0.25, 0.3) is 0 Å². The van der Waals surface area contributed by atoms with Gasteiger partial charge in [0.15, 0.2) is 0 Å². The minimum absolute atomic E-state index is 0.164. The second-order valence-electron chi connectivity index (χ2n) is 7.62. The maximum atomic E-state index is 12.6. The summed E-state index contributed by atoms with van der Waals surface area (Å²) in [6, 6.07) is 3.98. The van der Waals surface area contributed by atoms with Gasteiger partial charge in [0.1, 0.15) is 5.60 Å². The Morgan fingerprint density at radius 3 is 2.52 bits per heavy atom. The minimum atomic E-state index is -0.711. The topological polar surface area (TPSA) is 66.2 Å². The summed E-state index contributed by atoms with van der Waals surface area (Å²) in [5.41, 5.74) is 0.206. The quantitative estimate of drug-likeness (QED) is 0.584. The van der Waals surface area contributed by atoms with Crippen LogP contribution >= 0.6 is 0 Å². The number of pyridine rings is 1. The monoisotopic (exact) mass is 335 g/mol. The largest absolute Gasteiger partial charge is 0.444 e. The van der Waals surface area contributed by atoms with Crippen LogP contribution in [0.2, 0.25) is 0 Å². The standard InChI is InChI=1S/C20H21N3O2/c1-5-14-8-15(12-22-11-14)20(13-21)9-16-6-7-17(10-20)23(16)18(24)25-19(2,3)4/h1,6-8,11-12,16-17H,9-10H2,2-4H3/t16-,17+,20+. The number of terminal acetylenes is 1. The number of nitriles is 1. The number of aromatic nitrogens is 1. The summed E-state index contributed by atoms with van der Waals surface area (Å²) >= 11 is 0. The first kappa shape index (κ1) is 17.0. The summed E-state index contributed by atoms with van der Waals surface area (Å²) in [4.78, 5) is 18.5. The van der Waals surface area contributed by atoms with Crippen LogP contribution in [-0.4, -0.2) is 33.7 Å². The molecule has 2 aliphatic rings. The van der Waals surface area contributed by atoms with Gasteiger partial charge in [0, 0.05) is 18.0 Å². The number of amides is 1. The van der Waals surface area contributed by atoms with Gasteiger partial charge in [-0.05, 0) is 45.2 Å². The highest BCUT2D eigenvalue weighted by molar-refractivity contribution is 5.71. The summed E-state index contributed by atoms with van der Waals surface area (Å²) in [5, 5.41) is 9.94. The maximum absolute atomic E-state index is 12.6. The lowest BCUT2D eigenvalue weighted by molar-refractivity contribution is 0.00562. The second kappa shape index (κ2) is 5.93. The molecule has 1 saturated heterocycles. The third-order valence-electron chi connectivity index (χ3n) is 4.66. The Balaban J connectivity index is 1.88. The molecule has 0 N–H and O–H groups in total. The molecule has 3 rings (SSSR count). The van der Waals surface area contributed by atoms with E-state index in [2.05, 4.69) is 17.0 Å². The van der Waals surface area contributed by atoms with Crippen molar-refractivity contribution in [3.63, 3.8) is 0 Å². The SMILES string of the molecule is C#Cc1cncc([C@@]2(C#N)C[C@H]3C=C[C@@H](C2)N3C(=O)OC(C)(C)C)c1. The zero-order chi connectivity index (χ0) is 18.2. The van der Waals surface area contributed by atoms with Crippen molar-refractivity contribution in [1.82, 2.24) is 9.88 Å². The summed E-state index contributed by atoms with van der Waals surface area (Å²) in [6.07, 6.45) is 13.4. The molecule has 0 aliphatic carbocycles. The summed E-state index contributed by atoms with van der Waals surface area (Å²) in [6.45, 7) is 5.54. The fraction of sp³-hybridized carbons (Fsp3) is 0.450. The second-order valence-corrected chi connectivity index (χ2v) is 7.62. The number of rotatable bonds is 1. The number of ether oxygens (including phenoxy) is 1. The minimum Gasteiger partial charge on any atom is -0.444 e. The van der Waals surface area contributed by atoms with E-state index < -0.39 is 11.0 Å². The fourth-order valence-corrected chi connectivity index (χ4v) is 3.58. The van der Waals surface area contributed by atoms with Gasteiger partial charge in [0.2, 0.25) is 0 Å². The van der Waals surface area contributed by atoms with E-state index in [9.17, 15) is 10.1 Å². The number of hydrogen-bond acceptors (Lipinski definition) is 4. The Bertz CT molecular complexity index is 791. The van der Waals surface area contributed by atoms with Crippen molar-refractivity contribution < 1.29 is 9.53 Å². The average molecular weight is 335 g/mol. The van der Waals surface area contributed by atoms with Crippen LogP contribution in [0.4, 0.5) is 4.79 Å². The number of hydrogen-bond donors (Lipinski definition) is 0. The van der Waals surface area contributed by atoms with E-state index in [1.165, 1.54) is 0 Å². The summed E-state index contributed by atoms with van der Waals surface area (Å²) < 4.78 is 5.53. The number of carbonyl (C=O) groups excluding carboxylic acids is 1. The van der Waals surface area contributed by atoms with Gasteiger partial charge in [-0.25, -0.2) is 4.79 Å². The first-order chi connectivity index (χ1) is 11.8. The van der Waals surface area contributed by atoms with Crippen LogP contribution in [0.15, 0.2) is 30.6 Å². The highest BCUT2D eigenvalue weighted by atomic mass is 16.6.